The van der Waals surface area contributed by atoms with E-state index in [4.69, 9.17) is 10.5 Å². The van der Waals surface area contributed by atoms with Gasteiger partial charge in [-0.2, -0.15) is 0 Å². The summed E-state index contributed by atoms with van der Waals surface area (Å²) in [6.45, 7) is 9.00. The van der Waals surface area contributed by atoms with Gasteiger partial charge in [-0.3, -0.25) is 14.5 Å². The molecule has 0 radical (unpaired) electrons. The summed E-state index contributed by atoms with van der Waals surface area (Å²) in [5, 5.41) is 0. The Morgan fingerprint density at radius 2 is 1.92 bits per heavy atom. The van der Waals surface area contributed by atoms with Gasteiger partial charge in [0.25, 0.3) is 0 Å². The fourth-order valence-corrected chi connectivity index (χ4v) is 3.31. The minimum atomic E-state index is -0.780. The van der Waals surface area contributed by atoms with Crippen molar-refractivity contribution in [1.82, 2.24) is 14.7 Å². The number of amides is 3. The first kappa shape index (κ1) is 18.5. The summed E-state index contributed by atoms with van der Waals surface area (Å²) in [6.07, 6.45) is 0.0691. The maximum atomic E-state index is 12.8. The number of nitrogens with two attached hydrogens (primary N) is 1. The number of likely N-dealkylation sites (tertiary alicyclic amines) is 1. The van der Waals surface area contributed by atoms with Crippen LogP contribution in [0.1, 0.15) is 34.1 Å². The van der Waals surface area contributed by atoms with Crippen LogP contribution in [0.4, 0.5) is 4.79 Å². The van der Waals surface area contributed by atoms with Crippen LogP contribution < -0.4 is 5.73 Å². The molecular weight excluding hydrogens is 312 g/mol. The molecule has 2 heterocycles. The predicted molar refractivity (Wildman–Crippen MR) is 88.2 cm³/mol. The van der Waals surface area contributed by atoms with Gasteiger partial charge in [0, 0.05) is 13.1 Å². The van der Waals surface area contributed by atoms with Gasteiger partial charge < -0.3 is 20.3 Å². The van der Waals surface area contributed by atoms with Crippen LogP contribution in [0.15, 0.2) is 0 Å². The van der Waals surface area contributed by atoms with Crippen molar-refractivity contribution in [1.29, 1.82) is 0 Å². The summed E-state index contributed by atoms with van der Waals surface area (Å²) in [5.74, 6) is -0.646. The average Bonchev–Trinajstić information content (AvgIpc) is 2.46. The Morgan fingerprint density at radius 3 is 2.38 bits per heavy atom. The molecule has 24 heavy (non-hydrogen) atoms. The van der Waals surface area contributed by atoms with Gasteiger partial charge >= 0.3 is 6.09 Å². The highest BCUT2D eigenvalue weighted by molar-refractivity contribution is 5.97. The molecule has 2 aliphatic heterocycles. The van der Waals surface area contributed by atoms with E-state index in [2.05, 4.69) is 0 Å². The van der Waals surface area contributed by atoms with Crippen molar-refractivity contribution >= 4 is 17.9 Å². The summed E-state index contributed by atoms with van der Waals surface area (Å²) < 4.78 is 5.41. The lowest BCUT2D eigenvalue weighted by Crippen LogP contribution is -2.81. The zero-order valence-corrected chi connectivity index (χ0v) is 15.2. The lowest BCUT2D eigenvalue weighted by molar-refractivity contribution is -0.175. The number of primary amides is 1. The third-order valence-corrected chi connectivity index (χ3v) is 4.72. The van der Waals surface area contributed by atoms with Crippen molar-refractivity contribution in [3.8, 4) is 0 Å². The molecule has 2 rings (SSSR count). The number of hydrogen-bond acceptors (Lipinski definition) is 5. The highest BCUT2D eigenvalue weighted by atomic mass is 16.6. The Hall–Kier alpha value is -1.83. The van der Waals surface area contributed by atoms with Gasteiger partial charge in [-0.05, 0) is 34.2 Å². The first-order valence-electron chi connectivity index (χ1n) is 8.31. The zero-order chi connectivity index (χ0) is 18.3. The summed E-state index contributed by atoms with van der Waals surface area (Å²) in [4.78, 5) is 41.7. The zero-order valence-electron chi connectivity index (χ0n) is 15.2. The molecule has 0 aromatic heterocycles. The van der Waals surface area contributed by atoms with Crippen molar-refractivity contribution in [2.24, 2.45) is 5.73 Å². The van der Waals surface area contributed by atoms with Gasteiger partial charge in [0.15, 0.2) is 0 Å². The fourth-order valence-electron chi connectivity index (χ4n) is 3.31. The van der Waals surface area contributed by atoms with E-state index in [1.807, 2.05) is 39.6 Å². The molecule has 0 aromatic carbocycles. The molecule has 0 saturated carbocycles. The van der Waals surface area contributed by atoms with Crippen LogP contribution in [-0.2, 0) is 14.3 Å². The van der Waals surface area contributed by atoms with Gasteiger partial charge in [-0.1, -0.05) is 6.92 Å². The minimum absolute atomic E-state index is 0.149. The Morgan fingerprint density at radius 1 is 1.29 bits per heavy atom. The molecule has 0 aliphatic carbocycles. The van der Waals surface area contributed by atoms with Crippen LogP contribution >= 0.6 is 0 Å². The molecule has 2 N–H and O–H groups in total. The molecule has 1 spiro atoms. The van der Waals surface area contributed by atoms with E-state index in [9.17, 15) is 14.4 Å². The van der Waals surface area contributed by atoms with E-state index in [0.29, 0.717) is 26.1 Å². The van der Waals surface area contributed by atoms with E-state index in [0.717, 1.165) is 0 Å². The Kier molecular flexibility index (Phi) is 4.81. The van der Waals surface area contributed by atoms with Gasteiger partial charge in [-0.15, -0.1) is 0 Å². The maximum Gasteiger partial charge on any atom is 0.410 e. The second-order valence-corrected chi connectivity index (χ2v) is 7.61. The third-order valence-electron chi connectivity index (χ3n) is 4.72. The van der Waals surface area contributed by atoms with Crippen LogP contribution in [0.25, 0.3) is 0 Å². The van der Waals surface area contributed by atoms with E-state index in [1.54, 1.807) is 4.90 Å². The number of carbonyl (C=O) groups excluding carboxylic acids is 3. The third kappa shape index (κ3) is 3.19. The van der Waals surface area contributed by atoms with Crippen LogP contribution in [-0.4, -0.2) is 83.0 Å². The van der Waals surface area contributed by atoms with Crippen molar-refractivity contribution in [3.05, 3.63) is 0 Å². The SMILES string of the molecule is CC[C@@H](C(N)=O)N1CC2(CN(C(=O)OC(C)(C)C)CCN2C)C1=O. The summed E-state index contributed by atoms with van der Waals surface area (Å²) in [6, 6.07) is -0.589. The standard InChI is InChI=1S/C16H28N4O4/c1-6-11(12(17)21)20-10-16(13(20)22)9-19(8-7-18(16)5)14(23)24-15(2,3)4/h11H,6-10H2,1-5H3,(H2,17,21)/t11-,16?/m0/s1. The maximum absolute atomic E-state index is 12.8. The van der Waals surface area contributed by atoms with Crippen LogP contribution in [0, 0.1) is 0 Å². The first-order chi connectivity index (χ1) is 11.0. The number of ether oxygens (including phenoxy) is 1. The van der Waals surface area contributed by atoms with Crippen molar-refractivity contribution in [2.75, 3.05) is 33.2 Å². The molecule has 3 amide bonds. The molecule has 1 unspecified atom stereocenters. The lowest BCUT2D eigenvalue weighted by atomic mass is 9.82. The Bertz CT molecular complexity index is 545. The van der Waals surface area contributed by atoms with Crippen LogP contribution in [0.2, 0.25) is 0 Å². The molecule has 0 bridgehead atoms. The van der Waals surface area contributed by atoms with Crippen LogP contribution in [0.5, 0.6) is 0 Å². The second kappa shape index (κ2) is 6.23. The molecule has 2 aliphatic rings. The van der Waals surface area contributed by atoms with E-state index in [1.165, 1.54) is 4.90 Å². The lowest BCUT2D eigenvalue weighted by Gasteiger charge is -2.58. The Balaban J connectivity index is 2.11. The summed E-state index contributed by atoms with van der Waals surface area (Å²) in [7, 11) is 1.87. The van der Waals surface area contributed by atoms with E-state index < -0.39 is 29.2 Å². The number of piperazine rings is 1. The van der Waals surface area contributed by atoms with Gasteiger partial charge in [0.1, 0.15) is 17.2 Å². The van der Waals surface area contributed by atoms with Crippen molar-refractivity contribution < 1.29 is 19.1 Å². The number of hydrogen-bond donors (Lipinski definition) is 1. The summed E-state index contributed by atoms with van der Waals surface area (Å²) in [5.41, 5.74) is 4.03. The van der Waals surface area contributed by atoms with Crippen LogP contribution in [0.3, 0.4) is 0 Å². The number of carbonyl (C=O) groups is 3. The van der Waals surface area contributed by atoms with E-state index in [-0.39, 0.29) is 12.5 Å². The number of likely N-dealkylation sites (N-methyl/N-ethyl adjacent to an activating group) is 1. The topological polar surface area (TPSA) is 96.2 Å². The van der Waals surface area contributed by atoms with Crippen molar-refractivity contribution in [3.63, 3.8) is 0 Å². The summed E-state index contributed by atoms with van der Waals surface area (Å²) >= 11 is 0. The smallest absolute Gasteiger partial charge is 0.410 e. The number of rotatable bonds is 3. The van der Waals surface area contributed by atoms with Crippen molar-refractivity contribution in [2.45, 2.75) is 51.3 Å². The quantitative estimate of drug-likeness (QED) is 0.730. The highest BCUT2D eigenvalue weighted by Crippen LogP contribution is 2.34. The number of nitrogens with zero attached hydrogens (tertiary/aromatic N) is 3. The minimum Gasteiger partial charge on any atom is -0.444 e. The Labute approximate surface area is 142 Å². The highest BCUT2D eigenvalue weighted by Gasteiger charge is 2.59. The predicted octanol–water partition coefficient (Wildman–Crippen LogP) is 0.0138. The molecule has 136 valence electrons. The molecule has 2 atom stereocenters. The largest absolute Gasteiger partial charge is 0.444 e. The normalized spacial score (nSPS) is 26.3. The van der Waals surface area contributed by atoms with Gasteiger partial charge in [-0.25, -0.2) is 4.79 Å². The second-order valence-electron chi connectivity index (χ2n) is 7.61. The number of β-lactam (4-membered cyclic amide) rings is 1. The van der Waals surface area contributed by atoms with Gasteiger partial charge in [0.2, 0.25) is 11.8 Å². The molecule has 2 saturated heterocycles. The monoisotopic (exact) mass is 340 g/mol. The molecule has 8 nitrogen and oxygen atoms in total. The molecular formula is C16H28N4O4. The van der Waals surface area contributed by atoms with E-state index >= 15 is 0 Å². The average molecular weight is 340 g/mol. The fraction of sp³-hybridized carbons (Fsp3) is 0.812. The van der Waals surface area contributed by atoms with Gasteiger partial charge in [0.05, 0.1) is 13.1 Å². The molecule has 2 fully saturated rings. The first-order valence-corrected chi connectivity index (χ1v) is 8.31. The molecule has 8 heteroatoms. The molecule has 0 aromatic rings.